The Morgan fingerprint density at radius 1 is 1.11 bits per heavy atom. The van der Waals surface area contributed by atoms with E-state index < -0.39 is 0 Å². The molecule has 0 unspecified atom stereocenters. The molecule has 1 aromatic heterocycles. The summed E-state index contributed by atoms with van der Waals surface area (Å²) in [5.41, 5.74) is 2.27. The molecule has 0 fully saturated rings. The molecular weight excluding hydrogens is 228 g/mol. The highest BCUT2D eigenvalue weighted by Crippen LogP contribution is 2.12. The third kappa shape index (κ3) is 3.55. The molecule has 0 saturated heterocycles. The second kappa shape index (κ2) is 7.13. The van der Waals surface area contributed by atoms with Crippen molar-refractivity contribution in [3.63, 3.8) is 0 Å². The van der Waals surface area contributed by atoms with Crippen LogP contribution in [0.4, 0.5) is 0 Å². The minimum Gasteiger partial charge on any atom is -0.382 e. The Morgan fingerprint density at radius 3 is 2.89 bits per heavy atom. The molecule has 0 radical (unpaired) electrons. The van der Waals surface area contributed by atoms with Crippen LogP contribution < -0.4 is 0 Å². The lowest BCUT2D eigenvalue weighted by molar-refractivity contribution is 0.0684. The number of methoxy groups -OCH3 is 1. The second-order valence-corrected chi connectivity index (χ2v) is 4.24. The van der Waals surface area contributed by atoms with Crippen LogP contribution in [0.5, 0.6) is 0 Å². The Hall–Kier alpha value is -1.39. The predicted molar refractivity (Wildman–Crippen MR) is 71.7 cm³/mol. The maximum Gasteiger partial charge on any atom is 0.0958 e. The lowest BCUT2D eigenvalue weighted by Gasteiger charge is -2.05. The summed E-state index contributed by atoms with van der Waals surface area (Å²) in [7, 11) is 1.69. The van der Waals surface area contributed by atoms with Crippen LogP contribution in [0.15, 0.2) is 30.6 Å². The Bertz CT molecular complexity index is 468. The van der Waals surface area contributed by atoms with Gasteiger partial charge in [-0.05, 0) is 25.0 Å². The van der Waals surface area contributed by atoms with E-state index in [-0.39, 0.29) is 0 Å². The maximum atomic E-state index is 5.43. The molecule has 4 nitrogen and oxygen atoms in total. The smallest absolute Gasteiger partial charge is 0.0958 e. The minimum atomic E-state index is 0.673. The standard InChI is InChI=1S/C14H20N2O2/c1-17-10-11-18-9-5-4-8-16-12-15-13-6-2-3-7-14(13)16/h2-3,6-7,12H,4-5,8-11H2,1H3. The predicted octanol–water partition coefficient (Wildman–Crippen LogP) is 2.48. The molecule has 0 atom stereocenters. The van der Waals surface area contributed by atoms with Gasteiger partial charge >= 0.3 is 0 Å². The average Bonchev–Trinajstić information content (AvgIpc) is 2.81. The zero-order valence-electron chi connectivity index (χ0n) is 10.8. The molecule has 0 N–H and O–H groups in total. The van der Waals surface area contributed by atoms with Crippen molar-refractivity contribution in [3.05, 3.63) is 30.6 Å². The zero-order chi connectivity index (χ0) is 12.6. The fraction of sp³-hybridized carbons (Fsp3) is 0.500. The normalized spacial score (nSPS) is 11.2. The SMILES string of the molecule is COCCOCCCCn1cnc2ccccc21. The molecule has 0 spiro atoms. The molecule has 2 aromatic rings. The molecule has 0 aliphatic heterocycles. The number of rotatable bonds is 8. The Kier molecular flexibility index (Phi) is 5.17. The fourth-order valence-electron chi connectivity index (χ4n) is 1.92. The first kappa shape index (κ1) is 13.1. The van der Waals surface area contributed by atoms with Crippen molar-refractivity contribution in [1.29, 1.82) is 0 Å². The van der Waals surface area contributed by atoms with Crippen LogP contribution in [0, 0.1) is 0 Å². The number of hydrogen-bond donors (Lipinski definition) is 0. The van der Waals surface area contributed by atoms with E-state index in [2.05, 4.69) is 15.6 Å². The monoisotopic (exact) mass is 248 g/mol. The van der Waals surface area contributed by atoms with E-state index in [9.17, 15) is 0 Å². The molecule has 0 aliphatic rings. The third-order valence-electron chi connectivity index (χ3n) is 2.90. The molecule has 1 aromatic carbocycles. The second-order valence-electron chi connectivity index (χ2n) is 4.24. The Labute approximate surface area is 108 Å². The van der Waals surface area contributed by atoms with E-state index in [1.165, 1.54) is 5.52 Å². The van der Waals surface area contributed by atoms with Crippen molar-refractivity contribution >= 4 is 11.0 Å². The molecule has 0 amide bonds. The zero-order valence-corrected chi connectivity index (χ0v) is 10.8. The summed E-state index contributed by atoms with van der Waals surface area (Å²) in [4.78, 5) is 4.37. The van der Waals surface area contributed by atoms with E-state index in [0.717, 1.165) is 31.5 Å². The van der Waals surface area contributed by atoms with E-state index >= 15 is 0 Å². The van der Waals surface area contributed by atoms with Crippen molar-refractivity contribution in [1.82, 2.24) is 9.55 Å². The number of nitrogens with zero attached hydrogens (tertiary/aromatic N) is 2. The summed E-state index contributed by atoms with van der Waals surface area (Å²) in [5, 5.41) is 0. The third-order valence-corrected chi connectivity index (χ3v) is 2.90. The van der Waals surface area contributed by atoms with Crippen LogP contribution >= 0.6 is 0 Å². The number of para-hydroxylation sites is 2. The number of aromatic nitrogens is 2. The number of imidazole rings is 1. The summed E-state index contributed by atoms with van der Waals surface area (Å²) < 4.78 is 12.5. The fourth-order valence-corrected chi connectivity index (χ4v) is 1.92. The first-order valence-corrected chi connectivity index (χ1v) is 6.38. The number of benzene rings is 1. The van der Waals surface area contributed by atoms with Gasteiger partial charge in [0.2, 0.25) is 0 Å². The van der Waals surface area contributed by atoms with Crippen molar-refractivity contribution < 1.29 is 9.47 Å². The first-order valence-electron chi connectivity index (χ1n) is 6.38. The first-order chi connectivity index (χ1) is 8.92. The molecule has 18 heavy (non-hydrogen) atoms. The lowest BCUT2D eigenvalue weighted by atomic mass is 10.3. The molecule has 2 rings (SSSR count). The van der Waals surface area contributed by atoms with Crippen molar-refractivity contribution in [3.8, 4) is 0 Å². The van der Waals surface area contributed by atoms with E-state index in [1.54, 1.807) is 7.11 Å². The summed E-state index contributed by atoms with van der Waals surface area (Å²) in [6.45, 7) is 3.15. The van der Waals surface area contributed by atoms with Gasteiger partial charge in [-0.15, -0.1) is 0 Å². The lowest BCUT2D eigenvalue weighted by Crippen LogP contribution is -2.04. The molecule has 98 valence electrons. The van der Waals surface area contributed by atoms with E-state index in [0.29, 0.717) is 13.2 Å². The quantitative estimate of drug-likeness (QED) is 0.673. The van der Waals surface area contributed by atoms with Crippen molar-refractivity contribution in [2.45, 2.75) is 19.4 Å². The number of fused-ring (bicyclic) bond motifs is 1. The molecule has 0 bridgehead atoms. The van der Waals surface area contributed by atoms with Crippen LogP contribution in [0.1, 0.15) is 12.8 Å². The highest BCUT2D eigenvalue weighted by Gasteiger charge is 2.00. The summed E-state index contributed by atoms with van der Waals surface area (Å²) in [6.07, 6.45) is 4.08. The number of hydrogen-bond acceptors (Lipinski definition) is 3. The van der Waals surface area contributed by atoms with Crippen LogP contribution in [0.3, 0.4) is 0 Å². The van der Waals surface area contributed by atoms with Crippen LogP contribution in [0.2, 0.25) is 0 Å². The summed E-state index contributed by atoms with van der Waals surface area (Å²) in [6, 6.07) is 8.22. The van der Waals surface area contributed by atoms with Crippen molar-refractivity contribution in [2.24, 2.45) is 0 Å². The average molecular weight is 248 g/mol. The van der Waals surface area contributed by atoms with Gasteiger partial charge < -0.3 is 14.0 Å². The maximum absolute atomic E-state index is 5.43. The van der Waals surface area contributed by atoms with Gasteiger partial charge in [0.05, 0.1) is 30.6 Å². The Balaban J connectivity index is 1.70. The van der Waals surface area contributed by atoms with Crippen LogP contribution in [0.25, 0.3) is 11.0 Å². The summed E-state index contributed by atoms with van der Waals surface area (Å²) >= 11 is 0. The topological polar surface area (TPSA) is 36.3 Å². The number of unbranched alkanes of at least 4 members (excludes halogenated alkanes) is 1. The van der Waals surface area contributed by atoms with Gasteiger partial charge in [0, 0.05) is 20.3 Å². The van der Waals surface area contributed by atoms with Crippen LogP contribution in [-0.2, 0) is 16.0 Å². The number of aryl methyl sites for hydroxylation is 1. The summed E-state index contributed by atoms with van der Waals surface area (Å²) in [5.74, 6) is 0. The molecular formula is C14H20N2O2. The molecule has 1 heterocycles. The van der Waals surface area contributed by atoms with Gasteiger partial charge in [-0.25, -0.2) is 4.98 Å². The Morgan fingerprint density at radius 2 is 2.00 bits per heavy atom. The van der Waals surface area contributed by atoms with E-state index in [1.807, 2.05) is 24.5 Å². The molecule has 0 aliphatic carbocycles. The number of ether oxygens (including phenoxy) is 2. The van der Waals surface area contributed by atoms with Gasteiger partial charge in [-0.1, -0.05) is 12.1 Å². The van der Waals surface area contributed by atoms with Crippen molar-refractivity contribution in [2.75, 3.05) is 26.9 Å². The van der Waals surface area contributed by atoms with Gasteiger partial charge in [-0.2, -0.15) is 0 Å². The van der Waals surface area contributed by atoms with Crippen LogP contribution in [-0.4, -0.2) is 36.5 Å². The van der Waals surface area contributed by atoms with Gasteiger partial charge in [0.1, 0.15) is 0 Å². The highest BCUT2D eigenvalue weighted by atomic mass is 16.5. The minimum absolute atomic E-state index is 0.673. The molecule has 0 saturated carbocycles. The highest BCUT2D eigenvalue weighted by molar-refractivity contribution is 5.74. The van der Waals surface area contributed by atoms with Gasteiger partial charge in [-0.3, -0.25) is 0 Å². The van der Waals surface area contributed by atoms with Gasteiger partial charge in [0.25, 0.3) is 0 Å². The van der Waals surface area contributed by atoms with Gasteiger partial charge in [0.15, 0.2) is 0 Å². The molecule has 4 heteroatoms. The largest absolute Gasteiger partial charge is 0.382 e. The van der Waals surface area contributed by atoms with E-state index in [4.69, 9.17) is 9.47 Å².